The lowest BCUT2D eigenvalue weighted by Gasteiger charge is -2.39. The molecule has 1 fully saturated rings. The normalized spacial score (nSPS) is 17.9. The minimum Gasteiger partial charge on any atom is -0.508 e. The van der Waals surface area contributed by atoms with E-state index in [2.05, 4.69) is 15.6 Å². The molecule has 1 aromatic heterocycles. The van der Waals surface area contributed by atoms with Crippen LogP contribution in [0.3, 0.4) is 0 Å². The molecule has 56 heavy (non-hydrogen) atoms. The fourth-order valence-electron chi connectivity index (χ4n) is 6.96. The van der Waals surface area contributed by atoms with Crippen molar-refractivity contribution in [2.24, 2.45) is 17.8 Å². The maximum absolute atomic E-state index is 14.7. The Morgan fingerprint density at radius 2 is 1.73 bits per heavy atom. The summed E-state index contributed by atoms with van der Waals surface area (Å²) in [5, 5.41) is 27.3. The number of likely N-dealkylation sites (N-methyl/N-ethyl adjacent to an activating group) is 1. The van der Waals surface area contributed by atoms with E-state index < -0.39 is 48.0 Å². The Morgan fingerprint density at radius 1 is 1.04 bits per heavy atom. The van der Waals surface area contributed by atoms with Gasteiger partial charge in [-0.3, -0.25) is 28.9 Å². The molecule has 0 saturated carbocycles. The van der Waals surface area contributed by atoms with Gasteiger partial charge in [0.05, 0.1) is 12.0 Å². The number of hydrogen-bond acceptors (Lipinski definition) is 11. The van der Waals surface area contributed by atoms with E-state index in [-0.39, 0.29) is 60.7 Å². The molecule has 0 bridgehead atoms. The summed E-state index contributed by atoms with van der Waals surface area (Å²) < 4.78 is 11.8. The topological polar surface area (TPSA) is 188 Å². The molecular formula is C41H63N5O9S. The molecule has 0 spiro atoms. The predicted molar refractivity (Wildman–Crippen MR) is 214 cm³/mol. The highest BCUT2D eigenvalue weighted by Crippen LogP contribution is 2.32. The number of phenolic OH excluding ortho intramolecular Hbond substituents is 1. The summed E-state index contributed by atoms with van der Waals surface area (Å²) in [6.07, 6.45) is 3.79. The van der Waals surface area contributed by atoms with Gasteiger partial charge in [-0.15, -0.1) is 11.3 Å². The molecule has 4 N–H and O–H groups in total. The number of nitrogens with zero attached hydrogens (tertiary/aromatic N) is 3. The van der Waals surface area contributed by atoms with Crippen molar-refractivity contribution in [1.29, 1.82) is 0 Å². The number of nitrogens with one attached hydrogen (secondary N) is 2. The second-order valence-electron chi connectivity index (χ2n) is 15.4. The average molecular weight is 802 g/mol. The zero-order valence-electron chi connectivity index (χ0n) is 34.3. The number of amides is 3. The molecule has 1 aliphatic heterocycles. The van der Waals surface area contributed by atoms with Crippen LogP contribution in [0.5, 0.6) is 5.75 Å². The largest absolute Gasteiger partial charge is 0.508 e. The first-order chi connectivity index (χ1) is 26.6. The third-order valence-electron chi connectivity index (χ3n) is 10.5. The molecule has 1 aromatic carbocycles. The molecule has 15 heteroatoms. The van der Waals surface area contributed by atoms with Gasteiger partial charge in [-0.25, -0.2) is 4.98 Å². The van der Waals surface area contributed by atoms with Crippen LogP contribution in [-0.4, -0.2) is 106 Å². The number of benzene rings is 1. The van der Waals surface area contributed by atoms with Crippen molar-refractivity contribution < 1.29 is 43.7 Å². The van der Waals surface area contributed by atoms with E-state index in [1.807, 2.05) is 46.6 Å². The van der Waals surface area contributed by atoms with Gasteiger partial charge < -0.3 is 35.2 Å². The molecule has 0 aliphatic carbocycles. The van der Waals surface area contributed by atoms with E-state index in [1.54, 1.807) is 29.3 Å². The summed E-state index contributed by atoms with van der Waals surface area (Å²) in [6.45, 7) is 13.9. The molecule has 2 aromatic rings. The molecule has 1 saturated heterocycles. The third-order valence-corrected chi connectivity index (χ3v) is 11.4. The smallest absolute Gasteiger partial charge is 0.306 e. The van der Waals surface area contributed by atoms with Crippen LogP contribution >= 0.6 is 11.3 Å². The number of thiazole rings is 1. The highest BCUT2D eigenvalue weighted by atomic mass is 32.1. The maximum atomic E-state index is 14.7. The van der Waals surface area contributed by atoms with Gasteiger partial charge in [0, 0.05) is 37.4 Å². The number of aliphatic carboxylic acids is 1. The molecular weight excluding hydrogens is 739 g/mol. The predicted octanol–water partition coefficient (Wildman–Crippen LogP) is 5.55. The first-order valence-electron chi connectivity index (χ1n) is 19.9. The van der Waals surface area contributed by atoms with Gasteiger partial charge in [0.1, 0.15) is 29.2 Å². The summed E-state index contributed by atoms with van der Waals surface area (Å²) in [5.41, 5.74) is 0.881. The number of phenols is 1. The second kappa shape index (κ2) is 22.6. The number of carbonyl (C=O) groups is 5. The minimum absolute atomic E-state index is 0.0306. The van der Waals surface area contributed by atoms with Crippen molar-refractivity contribution in [3.8, 4) is 5.75 Å². The lowest BCUT2D eigenvalue weighted by molar-refractivity contribution is -0.153. The van der Waals surface area contributed by atoms with Gasteiger partial charge in [0.2, 0.25) is 11.8 Å². The van der Waals surface area contributed by atoms with Crippen molar-refractivity contribution in [2.75, 3.05) is 26.9 Å². The lowest BCUT2D eigenvalue weighted by Crippen LogP contribution is -2.59. The van der Waals surface area contributed by atoms with Gasteiger partial charge in [0.15, 0.2) is 6.10 Å². The fraction of sp³-hybridized carbons (Fsp3) is 0.659. The fourth-order valence-corrected chi connectivity index (χ4v) is 7.80. The van der Waals surface area contributed by atoms with Crippen LogP contribution in [0.15, 0.2) is 29.6 Å². The number of carboxylic acid groups (broad SMARTS) is 1. The molecule has 2 unspecified atom stereocenters. The Bertz CT molecular complexity index is 1590. The third kappa shape index (κ3) is 13.8. The van der Waals surface area contributed by atoms with Gasteiger partial charge in [-0.1, -0.05) is 66.5 Å². The number of aromatic hydroxyl groups is 1. The van der Waals surface area contributed by atoms with E-state index in [1.165, 1.54) is 19.1 Å². The summed E-state index contributed by atoms with van der Waals surface area (Å²) in [4.78, 5) is 74.4. The number of rotatable bonds is 22. The Kier molecular flexibility index (Phi) is 18.7. The Morgan fingerprint density at radius 3 is 2.32 bits per heavy atom. The monoisotopic (exact) mass is 801 g/mol. The summed E-state index contributed by atoms with van der Waals surface area (Å²) in [5.74, 6) is -3.48. The van der Waals surface area contributed by atoms with Crippen LogP contribution in [0, 0.1) is 17.8 Å². The zero-order valence-corrected chi connectivity index (χ0v) is 35.1. The average Bonchev–Trinajstić information content (AvgIpc) is 3.65. The molecule has 312 valence electrons. The van der Waals surface area contributed by atoms with E-state index >= 15 is 0 Å². The van der Waals surface area contributed by atoms with E-state index in [0.717, 1.165) is 49.1 Å². The van der Waals surface area contributed by atoms with Gasteiger partial charge in [-0.05, 0) is 75.2 Å². The zero-order chi connectivity index (χ0) is 41.5. The Hall–Kier alpha value is -4.08. The lowest BCUT2D eigenvalue weighted by atomic mass is 9.92. The molecule has 3 amide bonds. The highest BCUT2D eigenvalue weighted by Gasteiger charge is 2.39. The van der Waals surface area contributed by atoms with E-state index in [0.29, 0.717) is 24.5 Å². The Balaban J connectivity index is 1.91. The van der Waals surface area contributed by atoms with Gasteiger partial charge in [0.25, 0.3) is 5.91 Å². The number of ether oxygens (including phenoxy) is 2. The van der Waals surface area contributed by atoms with Crippen LogP contribution in [0.25, 0.3) is 0 Å². The molecule has 14 nitrogen and oxygen atoms in total. The molecule has 7 atom stereocenters. The van der Waals surface area contributed by atoms with Crippen molar-refractivity contribution >= 4 is 41.0 Å². The van der Waals surface area contributed by atoms with Crippen LogP contribution in [-0.2, 0) is 35.1 Å². The number of piperidine rings is 1. The van der Waals surface area contributed by atoms with E-state index in [4.69, 9.17) is 9.47 Å². The summed E-state index contributed by atoms with van der Waals surface area (Å²) in [6, 6.07) is 4.29. The number of esters is 1. The van der Waals surface area contributed by atoms with Crippen LogP contribution in [0.4, 0.5) is 0 Å². The number of carbonyl (C=O) groups excluding carboxylic acids is 4. The van der Waals surface area contributed by atoms with Crippen LogP contribution in [0.2, 0.25) is 0 Å². The van der Waals surface area contributed by atoms with Crippen molar-refractivity contribution in [2.45, 2.75) is 130 Å². The van der Waals surface area contributed by atoms with Crippen molar-refractivity contribution in [3.05, 3.63) is 45.9 Å². The van der Waals surface area contributed by atoms with Crippen molar-refractivity contribution in [3.63, 3.8) is 0 Å². The van der Waals surface area contributed by atoms with Crippen LogP contribution < -0.4 is 10.6 Å². The molecule has 1 aliphatic rings. The van der Waals surface area contributed by atoms with Gasteiger partial charge >= 0.3 is 11.9 Å². The Labute approximate surface area is 335 Å². The SMILES string of the molecule is CCCOCN(C(=O)C(NC(=O)[C@H]1CCCCN1C)C(C)CC)[C@H](C[C@@H](OC(C)=O)c1nc(C(=O)N[C@@H](Cc2ccc(O)cc2)C[C@H](C)C(=O)O)cs1)C(C)C. The number of likely N-dealkylation sites (tertiary alicyclic amines) is 1. The first-order valence-corrected chi connectivity index (χ1v) is 20.8. The minimum atomic E-state index is -0.989. The van der Waals surface area contributed by atoms with Crippen molar-refractivity contribution in [1.82, 2.24) is 25.4 Å². The standard InChI is InChI=1S/C41H63N5O9S/c1-9-19-54-24-46(40(51)36(26(5)10-2)44-38(50)33-13-11-12-18-45(33)8)34(25(3)4)22-35(55-28(7)47)39-43-32(23-56-39)37(49)42-30(20-27(6)41(52)53)21-29-14-16-31(48)17-15-29/h14-17,23,25-27,30,33-36,48H,9-13,18-22,24H2,1-8H3,(H,42,49)(H,44,50)(H,52,53)/t26?,27-,30+,33+,34+,35+,36?/m0/s1. The number of aromatic nitrogens is 1. The molecule has 0 radical (unpaired) electrons. The number of carboxylic acids is 1. The maximum Gasteiger partial charge on any atom is 0.306 e. The molecule has 2 heterocycles. The quantitative estimate of drug-likeness (QED) is 0.0665. The van der Waals surface area contributed by atoms with E-state index in [9.17, 15) is 34.2 Å². The van der Waals surface area contributed by atoms with Gasteiger partial charge in [-0.2, -0.15) is 0 Å². The highest BCUT2D eigenvalue weighted by molar-refractivity contribution is 7.09. The second-order valence-corrected chi connectivity index (χ2v) is 16.3. The summed E-state index contributed by atoms with van der Waals surface area (Å²) in [7, 11) is 1.93. The number of hydrogen-bond donors (Lipinski definition) is 4. The van der Waals surface area contributed by atoms with Crippen LogP contribution in [0.1, 0.15) is 121 Å². The first kappa shape index (κ1) is 46.3. The molecule has 3 rings (SSSR count). The summed E-state index contributed by atoms with van der Waals surface area (Å²) >= 11 is 1.15.